The fraction of sp³-hybridized carbons (Fsp3) is 0.190. The van der Waals surface area contributed by atoms with E-state index in [9.17, 15) is 4.79 Å². The maximum Gasteiger partial charge on any atom is 0.284 e. The molecule has 2 aromatic carbocycles. The Morgan fingerprint density at radius 1 is 1.24 bits per heavy atom. The maximum atomic E-state index is 12.3. The lowest BCUT2D eigenvalue weighted by molar-refractivity contribution is -0.130. The van der Waals surface area contributed by atoms with Crippen LogP contribution < -0.4 is 14.9 Å². The van der Waals surface area contributed by atoms with Gasteiger partial charge in [-0.1, -0.05) is 54.1 Å². The Balaban J connectivity index is 1.40. The van der Waals surface area contributed by atoms with E-state index in [-0.39, 0.29) is 6.61 Å². The van der Waals surface area contributed by atoms with Crippen LogP contribution in [0.2, 0.25) is 5.15 Å². The summed E-state index contributed by atoms with van der Waals surface area (Å²) in [6.07, 6.45) is 0.709. The van der Waals surface area contributed by atoms with Crippen molar-refractivity contribution in [3.8, 4) is 11.5 Å². The van der Waals surface area contributed by atoms with Gasteiger partial charge in [0.15, 0.2) is 11.5 Å². The van der Waals surface area contributed by atoms with Gasteiger partial charge in [0.1, 0.15) is 11.8 Å². The van der Waals surface area contributed by atoms with Gasteiger partial charge < -0.3 is 9.47 Å². The van der Waals surface area contributed by atoms with Crippen LogP contribution in [0.25, 0.3) is 0 Å². The molecule has 1 atom stereocenters. The Morgan fingerprint density at radius 3 is 2.76 bits per heavy atom. The highest BCUT2D eigenvalue weighted by Gasteiger charge is 2.27. The molecule has 8 heteroatoms. The number of carbonyl (C=O) groups is 1. The van der Waals surface area contributed by atoms with Crippen LogP contribution in [0.3, 0.4) is 0 Å². The third kappa shape index (κ3) is 4.25. The summed E-state index contributed by atoms with van der Waals surface area (Å²) in [6.45, 7) is 2.51. The summed E-state index contributed by atoms with van der Waals surface area (Å²) >= 11 is 6.45. The number of hydrogen-bond acceptors (Lipinski definition) is 5. The summed E-state index contributed by atoms with van der Waals surface area (Å²) in [5, 5.41) is 8.93. The Kier molecular flexibility index (Phi) is 5.48. The third-order valence-corrected chi connectivity index (χ3v) is 4.85. The van der Waals surface area contributed by atoms with Gasteiger partial charge in [-0.2, -0.15) is 10.2 Å². The SMILES string of the molecule is Cc1nn(Cc2ccccc2)c(Cl)c1/C=N\NC(=O)[C@@H]1COc2ccccc2O1. The quantitative estimate of drug-likeness (QED) is 0.517. The first-order valence-corrected chi connectivity index (χ1v) is 9.48. The van der Waals surface area contributed by atoms with Crippen molar-refractivity contribution in [2.45, 2.75) is 19.6 Å². The Labute approximate surface area is 172 Å². The molecule has 1 amide bonds. The molecule has 2 heterocycles. The number of hydrogen-bond donors (Lipinski definition) is 1. The number of halogens is 1. The van der Waals surface area contributed by atoms with Crippen LogP contribution >= 0.6 is 11.6 Å². The molecule has 0 spiro atoms. The second-order valence-electron chi connectivity index (χ2n) is 6.53. The van der Waals surface area contributed by atoms with Crippen LogP contribution in [0.1, 0.15) is 16.8 Å². The monoisotopic (exact) mass is 410 g/mol. The molecule has 29 heavy (non-hydrogen) atoms. The standard InChI is InChI=1S/C21H19ClN4O3/c1-14-16(20(22)26(25-14)12-15-7-3-2-4-8-15)11-23-24-21(27)19-13-28-17-9-5-6-10-18(17)29-19/h2-11,19H,12-13H2,1H3,(H,24,27)/b23-11-/t19-/m0/s1. The Hall–Kier alpha value is -3.32. The van der Waals surface area contributed by atoms with E-state index in [2.05, 4.69) is 15.6 Å². The van der Waals surface area contributed by atoms with Crippen molar-refractivity contribution < 1.29 is 14.3 Å². The first-order chi connectivity index (χ1) is 14.1. The van der Waals surface area contributed by atoms with Crippen LogP contribution in [0.5, 0.6) is 11.5 Å². The third-order valence-electron chi connectivity index (χ3n) is 4.45. The molecule has 0 unspecified atom stereocenters. The van der Waals surface area contributed by atoms with E-state index in [1.807, 2.05) is 49.4 Å². The van der Waals surface area contributed by atoms with Gasteiger partial charge in [-0.15, -0.1) is 0 Å². The molecule has 1 aromatic heterocycles. The van der Waals surface area contributed by atoms with Gasteiger partial charge in [-0.05, 0) is 24.6 Å². The van der Waals surface area contributed by atoms with Gasteiger partial charge in [-0.3, -0.25) is 4.79 Å². The van der Waals surface area contributed by atoms with E-state index in [1.54, 1.807) is 16.8 Å². The number of nitrogens with zero attached hydrogens (tertiary/aromatic N) is 3. The van der Waals surface area contributed by atoms with Crippen molar-refractivity contribution >= 4 is 23.7 Å². The fourth-order valence-corrected chi connectivity index (χ4v) is 3.24. The summed E-state index contributed by atoms with van der Waals surface area (Å²) in [6, 6.07) is 17.1. The minimum Gasteiger partial charge on any atom is -0.485 e. The lowest BCUT2D eigenvalue weighted by atomic mass is 10.2. The number of aromatic nitrogens is 2. The van der Waals surface area contributed by atoms with E-state index >= 15 is 0 Å². The lowest BCUT2D eigenvalue weighted by Crippen LogP contribution is -2.42. The number of hydrazone groups is 1. The van der Waals surface area contributed by atoms with E-state index in [1.165, 1.54) is 6.21 Å². The zero-order chi connectivity index (χ0) is 20.2. The van der Waals surface area contributed by atoms with Crippen molar-refractivity contribution in [2.24, 2.45) is 5.10 Å². The number of carbonyl (C=O) groups excluding carboxylic acids is 1. The maximum absolute atomic E-state index is 12.3. The van der Waals surface area contributed by atoms with Crippen molar-refractivity contribution in [3.63, 3.8) is 0 Å². The number of ether oxygens (including phenoxy) is 2. The molecular weight excluding hydrogens is 392 g/mol. The number of aryl methyl sites for hydroxylation is 1. The Morgan fingerprint density at radius 2 is 1.97 bits per heavy atom. The average molecular weight is 411 g/mol. The van der Waals surface area contributed by atoms with Crippen LogP contribution in [0, 0.1) is 6.92 Å². The summed E-state index contributed by atoms with van der Waals surface area (Å²) in [5.74, 6) is 0.749. The van der Waals surface area contributed by atoms with Crippen LogP contribution in [0.4, 0.5) is 0 Å². The number of fused-ring (bicyclic) bond motifs is 1. The van der Waals surface area contributed by atoms with Crippen LogP contribution in [-0.2, 0) is 11.3 Å². The van der Waals surface area contributed by atoms with E-state index < -0.39 is 12.0 Å². The number of nitrogens with one attached hydrogen (secondary N) is 1. The first kappa shape index (κ1) is 19.0. The number of benzene rings is 2. The van der Waals surface area contributed by atoms with E-state index in [0.29, 0.717) is 28.8 Å². The first-order valence-electron chi connectivity index (χ1n) is 9.10. The smallest absolute Gasteiger partial charge is 0.284 e. The zero-order valence-electron chi connectivity index (χ0n) is 15.7. The topological polar surface area (TPSA) is 77.7 Å². The molecule has 1 N–H and O–H groups in total. The molecule has 0 bridgehead atoms. The highest BCUT2D eigenvalue weighted by Crippen LogP contribution is 2.30. The molecule has 1 aliphatic rings. The molecule has 7 nitrogen and oxygen atoms in total. The van der Waals surface area contributed by atoms with Gasteiger partial charge in [0.2, 0.25) is 6.10 Å². The van der Waals surface area contributed by atoms with Crippen LogP contribution in [0.15, 0.2) is 59.7 Å². The van der Waals surface area contributed by atoms with E-state index in [4.69, 9.17) is 21.1 Å². The summed E-state index contributed by atoms with van der Waals surface area (Å²) < 4.78 is 12.9. The van der Waals surface area contributed by atoms with Gasteiger partial charge >= 0.3 is 0 Å². The molecule has 0 fully saturated rings. The number of para-hydroxylation sites is 2. The molecular formula is C21H19ClN4O3. The van der Waals surface area contributed by atoms with Gasteiger partial charge in [0.25, 0.3) is 5.91 Å². The van der Waals surface area contributed by atoms with Crippen LogP contribution in [-0.4, -0.2) is 34.6 Å². The van der Waals surface area contributed by atoms with Gasteiger partial charge in [0, 0.05) is 0 Å². The summed E-state index contributed by atoms with van der Waals surface area (Å²) in [7, 11) is 0. The molecule has 0 saturated carbocycles. The van der Waals surface area contributed by atoms with Crippen molar-refractivity contribution in [1.29, 1.82) is 0 Å². The lowest BCUT2D eigenvalue weighted by Gasteiger charge is -2.24. The van der Waals surface area contributed by atoms with Crippen molar-refractivity contribution in [1.82, 2.24) is 15.2 Å². The molecule has 0 saturated heterocycles. The highest BCUT2D eigenvalue weighted by atomic mass is 35.5. The molecule has 0 aliphatic carbocycles. The predicted octanol–water partition coefficient (Wildman–Crippen LogP) is 3.18. The van der Waals surface area contributed by atoms with E-state index in [0.717, 1.165) is 11.3 Å². The van der Waals surface area contributed by atoms with Gasteiger partial charge in [0.05, 0.1) is 24.0 Å². The normalized spacial score (nSPS) is 15.4. The van der Waals surface area contributed by atoms with Crippen molar-refractivity contribution in [2.75, 3.05) is 6.61 Å². The fourth-order valence-electron chi connectivity index (χ4n) is 2.96. The number of amides is 1. The van der Waals surface area contributed by atoms with Crippen molar-refractivity contribution in [3.05, 3.63) is 76.6 Å². The predicted molar refractivity (Wildman–Crippen MR) is 110 cm³/mol. The number of rotatable bonds is 5. The highest BCUT2D eigenvalue weighted by molar-refractivity contribution is 6.32. The largest absolute Gasteiger partial charge is 0.485 e. The summed E-state index contributed by atoms with van der Waals surface area (Å²) in [4.78, 5) is 12.3. The minimum absolute atomic E-state index is 0.118. The second-order valence-corrected chi connectivity index (χ2v) is 6.89. The molecule has 3 aromatic rings. The molecule has 0 radical (unpaired) electrons. The zero-order valence-corrected chi connectivity index (χ0v) is 16.5. The molecule has 148 valence electrons. The Bertz CT molecular complexity index is 1050. The average Bonchev–Trinajstić information content (AvgIpc) is 3.01. The van der Waals surface area contributed by atoms with Gasteiger partial charge in [-0.25, -0.2) is 10.1 Å². The second kappa shape index (κ2) is 8.36. The molecule has 1 aliphatic heterocycles. The summed E-state index contributed by atoms with van der Waals surface area (Å²) in [5.41, 5.74) is 4.93. The molecule has 4 rings (SSSR count). The minimum atomic E-state index is -0.778.